The van der Waals surface area contributed by atoms with Gasteiger partial charge in [0.1, 0.15) is 0 Å². The number of rotatable bonds is 3. The molecule has 1 aliphatic heterocycles. The number of hydrogen-bond acceptors (Lipinski definition) is 2. The molecular weight excluding hydrogens is 325 g/mol. The summed E-state index contributed by atoms with van der Waals surface area (Å²) in [6.07, 6.45) is 9.75. The zero-order chi connectivity index (χ0) is 18.2. The van der Waals surface area contributed by atoms with Gasteiger partial charge in [-0.05, 0) is 55.1 Å². The fourth-order valence-corrected chi connectivity index (χ4v) is 7.37. The van der Waals surface area contributed by atoms with Gasteiger partial charge in [-0.2, -0.15) is 0 Å². The fourth-order valence-electron chi connectivity index (χ4n) is 6.35. The smallest absolute Gasteiger partial charge is 0.200 e. The maximum atomic E-state index is 12.4. The summed E-state index contributed by atoms with van der Waals surface area (Å²) in [6.45, 7) is 12.1. The zero-order valence-corrected chi connectivity index (χ0v) is 17.4. The Morgan fingerprint density at radius 1 is 1.36 bits per heavy atom. The molecule has 3 nitrogen and oxygen atoms in total. The second kappa shape index (κ2) is 5.48. The third kappa shape index (κ3) is 2.30. The number of carbonyl (C=O) groups is 1. The molecule has 0 aromatic heterocycles. The SMILES string of the molecule is [B]C(=O)N1C2CCCC23C2C=CC(C2)C3[C@H]1CO[Si](C)(C)C(C)(C)C. The summed E-state index contributed by atoms with van der Waals surface area (Å²) in [5.41, 5.74) is 0.288. The van der Waals surface area contributed by atoms with Crippen LogP contribution in [0.15, 0.2) is 12.2 Å². The minimum absolute atomic E-state index is 0.164. The summed E-state index contributed by atoms with van der Waals surface area (Å²) in [4.78, 5) is 14.5. The predicted octanol–water partition coefficient (Wildman–Crippen LogP) is 4.34. The number of likely N-dealkylation sites (tertiary alicyclic amines) is 1. The van der Waals surface area contributed by atoms with Crippen LogP contribution in [0.4, 0.5) is 4.79 Å². The van der Waals surface area contributed by atoms with Crippen LogP contribution in [0.5, 0.6) is 0 Å². The Labute approximate surface area is 155 Å². The van der Waals surface area contributed by atoms with Gasteiger partial charge in [0.15, 0.2) is 14.1 Å². The molecule has 1 amide bonds. The van der Waals surface area contributed by atoms with Crippen LogP contribution in [-0.4, -0.2) is 45.6 Å². The van der Waals surface area contributed by atoms with E-state index in [0.29, 0.717) is 30.4 Å². The minimum atomic E-state index is -1.84. The second-order valence-corrected chi connectivity index (χ2v) is 15.1. The first-order valence-electron chi connectivity index (χ1n) is 9.99. The number of fused-ring (bicyclic) bond motifs is 3. The molecule has 2 bridgehead atoms. The zero-order valence-electron chi connectivity index (χ0n) is 16.4. The van der Waals surface area contributed by atoms with Crippen LogP contribution < -0.4 is 0 Å². The van der Waals surface area contributed by atoms with Crippen LogP contribution in [0.1, 0.15) is 46.5 Å². The molecule has 0 aromatic carbocycles. The second-order valence-electron chi connectivity index (χ2n) is 10.3. The van der Waals surface area contributed by atoms with E-state index in [4.69, 9.17) is 12.3 Å². The van der Waals surface area contributed by atoms with Gasteiger partial charge in [0.05, 0.1) is 12.6 Å². The van der Waals surface area contributed by atoms with E-state index in [-0.39, 0.29) is 22.3 Å². The summed E-state index contributed by atoms with van der Waals surface area (Å²) in [5, 5.41) is 0.186. The highest BCUT2D eigenvalue weighted by Gasteiger charge is 2.70. The molecule has 3 aliphatic carbocycles. The van der Waals surface area contributed by atoms with E-state index < -0.39 is 8.32 Å². The molecule has 5 unspecified atom stereocenters. The Morgan fingerprint density at radius 3 is 2.72 bits per heavy atom. The van der Waals surface area contributed by atoms with Gasteiger partial charge in [0.2, 0.25) is 7.85 Å². The number of allylic oxidation sites excluding steroid dienone is 2. The summed E-state index contributed by atoms with van der Waals surface area (Å²) in [6, 6.07) is 0.500. The first-order chi connectivity index (χ1) is 11.6. The highest BCUT2D eigenvalue weighted by molar-refractivity contribution is 6.74. The molecule has 0 N–H and O–H groups in total. The van der Waals surface area contributed by atoms with Gasteiger partial charge in [-0.15, -0.1) is 0 Å². The molecule has 0 aromatic rings. The Morgan fingerprint density at radius 2 is 2.08 bits per heavy atom. The maximum absolute atomic E-state index is 12.4. The lowest BCUT2D eigenvalue weighted by molar-refractivity contribution is 0.131. The van der Waals surface area contributed by atoms with Crippen LogP contribution in [0, 0.1) is 23.2 Å². The largest absolute Gasteiger partial charge is 0.415 e. The molecule has 1 heterocycles. The standard InChI is InChI=1S/C20H32BNO2Si/c1-19(2,3)25(4,5)24-12-15-17-13-8-9-14(11-13)20(17)10-6-7-16(20)22(15)18(21)23/h8-9,13-17H,6-7,10-12H2,1-5H3/t13?,14?,15-,16?,17?,20?/m1/s1. The Bertz CT molecular complexity index is 613. The van der Waals surface area contributed by atoms with E-state index in [1.54, 1.807) is 0 Å². The minimum Gasteiger partial charge on any atom is -0.415 e. The van der Waals surface area contributed by atoms with Crippen molar-refractivity contribution in [1.29, 1.82) is 0 Å². The van der Waals surface area contributed by atoms with Crippen LogP contribution >= 0.6 is 0 Å². The highest BCUT2D eigenvalue weighted by atomic mass is 28.4. The monoisotopic (exact) mass is 357 g/mol. The van der Waals surface area contributed by atoms with Gasteiger partial charge in [-0.3, -0.25) is 4.79 Å². The molecule has 136 valence electrons. The lowest BCUT2D eigenvalue weighted by Crippen LogP contribution is -2.49. The Kier molecular flexibility index (Phi) is 3.91. The number of amides is 1. The topological polar surface area (TPSA) is 29.5 Å². The first-order valence-corrected chi connectivity index (χ1v) is 12.9. The third-order valence-electron chi connectivity index (χ3n) is 8.38. The quantitative estimate of drug-likeness (QED) is 0.555. The fraction of sp³-hybridized carbons (Fsp3) is 0.850. The highest BCUT2D eigenvalue weighted by Crippen LogP contribution is 2.69. The normalized spacial score (nSPS) is 42.1. The Balaban J connectivity index is 1.64. The van der Waals surface area contributed by atoms with Gasteiger partial charge in [-0.1, -0.05) is 39.3 Å². The maximum Gasteiger partial charge on any atom is 0.200 e. The van der Waals surface area contributed by atoms with Crippen LogP contribution in [0.3, 0.4) is 0 Å². The molecule has 5 heteroatoms. The van der Waals surface area contributed by atoms with Crippen molar-refractivity contribution in [3.8, 4) is 0 Å². The first kappa shape index (κ1) is 17.8. The van der Waals surface area contributed by atoms with Gasteiger partial charge < -0.3 is 9.33 Å². The van der Waals surface area contributed by atoms with E-state index in [9.17, 15) is 4.79 Å². The summed E-state index contributed by atoms with van der Waals surface area (Å²) >= 11 is 0. The van der Waals surface area contributed by atoms with Crippen molar-refractivity contribution < 1.29 is 9.22 Å². The van der Waals surface area contributed by atoms with Crippen molar-refractivity contribution >= 4 is 22.0 Å². The van der Waals surface area contributed by atoms with E-state index in [0.717, 1.165) is 6.42 Å². The number of nitrogens with zero attached hydrogens (tertiary/aromatic N) is 1. The summed E-state index contributed by atoms with van der Waals surface area (Å²) in [5.74, 6) is 1.58. The molecular formula is C20H32BNO2Si. The van der Waals surface area contributed by atoms with E-state index >= 15 is 0 Å². The predicted molar refractivity (Wildman–Crippen MR) is 104 cm³/mol. The summed E-state index contributed by atoms with van der Waals surface area (Å²) < 4.78 is 6.60. The lowest BCUT2D eigenvalue weighted by Gasteiger charge is -2.40. The molecule has 25 heavy (non-hydrogen) atoms. The Hall–Kier alpha value is -0.548. The molecule has 4 rings (SSSR count). The molecule has 2 radical (unpaired) electrons. The summed E-state index contributed by atoms with van der Waals surface area (Å²) in [7, 11) is 4.07. The molecule has 4 aliphatic rings. The third-order valence-corrected chi connectivity index (χ3v) is 12.9. The van der Waals surface area contributed by atoms with Crippen LogP contribution in [-0.2, 0) is 4.43 Å². The molecule has 1 saturated heterocycles. The van der Waals surface area contributed by atoms with Crippen molar-refractivity contribution in [2.75, 3.05) is 6.61 Å². The van der Waals surface area contributed by atoms with Crippen molar-refractivity contribution in [1.82, 2.24) is 4.90 Å². The molecule has 1 spiro atoms. The number of carbonyl (C=O) groups excluding carboxylic acids is 1. The van der Waals surface area contributed by atoms with Crippen LogP contribution in [0.25, 0.3) is 0 Å². The number of hydrogen-bond donors (Lipinski definition) is 0. The molecule has 6 atom stereocenters. The van der Waals surface area contributed by atoms with Crippen molar-refractivity contribution in [2.45, 2.75) is 76.7 Å². The van der Waals surface area contributed by atoms with Crippen molar-refractivity contribution in [3.05, 3.63) is 12.2 Å². The van der Waals surface area contributed by atoms with E-state index in [1.165, 1.54) is 19.3 Å². The van der Waals surface area contributed by atoms with Crippen molar-refractivity contribution in [3.63, 3.8) is 0 Å². The van der Waals surface area contributed by atoms with Gasteiger partial charge >= 0.3 is 0 Å². The average Bonchev–Trinajstić information content (AvgIpc) is 3.20. The van der Waals surface area contributed by atoms with Gasteiger partial charge in [0, 0.05) is 11.5 Å². The van der Waals surface area contributed by atoms with Gasteiger partial charge in [0.25, 0.3) is 0 Å². The van der Waals surface area contributed by atoms with Crippen LogP contribution in [0.2, 0.25) is 18.1 Å². The van der Waals surface area contributed by atoms with E-state index in [2.05, 4.69) is 50.9 Å². The molecule has 2 saturated carbocycles. The lowest BCUT2D eigenvalue weighted by atomic mass is 9.66. The average molecular weight is 357 g/mol. The van der Waals surface area contributed by atoms with Gasteiger partial charge in [-0.25, -0.2) is 0 Å². The molecule has 3 fully saturated rings. The van der Waals surface area contributed by atoms with E-state index in [1.807, 2.05) is 0 Å². The van der Waals surface area contributed by atoms with Crippen molar-refractivity contribution in [2.24, 2.45) is 23.2 Å².